The van der Waals surface area contributed by atoms with Gasteiger partial charge in [-0.25, -0.2) is 9.48 Å². The van der Waals surface area contributed by atoms with Crippen molar-refractivity contribution in [3.05, 3.63) is 36.0 Å². The number of aromatic nitrogens is 2. The molecule has 2 N–H and O–H groups in total. The number of nitrogens with one attached hydrogen (secondary N) is 2. The van der Waals surface area contributed by atoms with E-state index in [1.54, 1.807) is 16.7 Å². The molecular weight excluding hydrogens is 406 g/mol. The molecule has 32 heavy (non-hydrogen) atoms. The van der Waals surface area contributed by atoms with Gasteiger partial charge in [-0.05, 0) is 43.5 Å². The van der Waals surface area contributed by atoms with Crippen LogP contribution in [0.1, 0.15) is 53.7 Å². The van der Waals surface area contributed by atoms with E-state index in [9.17, 15) is 9.59 Å². The van der Waals surface area contributed by atoms with Gasteiger partial charge in [0, 0.05) is 24.6 Å². The van der Waals surface area contributed by atoms with Crippen LogP contribution in [0.3, 0.4) is 0 Å². The van der Waals surface area contributed by atoms with Gasteiger partial charge in [-0.15, -0.1) is 0 Å². The Labute approximate surface area is 191 Å². The zero-order chi connectivity index (χ0) is 23.9. The van der Waals surface area contributed by atoms with Crippen LogP contribution in [0.25, 0.3) is 5.69 Å². The summed E-state index contributed by atoms with van der Waals surface area (Å²) in [6.45, 7) is 13.3. The van der Waals surface area contributed by atoms with Crippen LogP contribution in [0.2, 0.25) is 0 Å². The van der Waals surface area contributed by atoms with Crippen molar-refractivity contribution in [3.8, 4) is 11.4 Å². The molecule has 1 heterocycles. The number of hydrogen-bond donors (Lipinski definition) is 2. The fourth-order valence-electron chi connectivity index (χ4n) is 3.04. The fraction of sp³-hybridized carbons (Fsp3) is 0.542. The Morgan fingerprint density at radius 2 is 1.84 bits per heavy atom. The first-order valence-electron chi connectivity index (χ1n) is 11.1. The second kappa shape index (κ2) is 11.0. The lowest BCUT2D eigenvalue weighted by molar-refractivity contribution is -0.116. The smallest absolute Gasteiger partial charge is 0.317 e. The molecule has 2 aromatic rings. The minimum Gasteiger partial charge on any atom is -0.497 e. The van der Waals surface area contributed by atoms with E-state index >= 15 is 0 Å². The second-order valence-electron chi connectivity index (χ2n) is 9.26. The topological polar surface area (TPSA) is 88.5 Å². The highest BCUT2D eigenvalue weighted by molar-refractivity contribution is 5.94. The third-order valence-electron chi connectivity index (χ3n) is 4.99. The van der Waals surface area contributed by atoms with Crippen molar-refractivity contribution in [1.29, 1.82) is 0 Å². The SMILES string of the molecule is CCNC(=O)N(CCC(C)C)CC(=O)Nc1cc(C(C)(C)C)nn1-c1ccc(OC)cc1. The molecule has 0 saturated heterocycles. The number of hydrogen-bond acceptors (Lipinski definition) is 4. The van der Waals surface area contributed by atoms with E-state index < -0.39 is 0 Å². The first-order chi connectivity index (χ1) is 15.0. The standard InChI is InChI=1S/C24H37N5O3/c1-8-25-23(31)28(14-13-17(2)3)16-22(30)26-21-15-20(24(4,5)6)27-29(21)18-9-11-19(32-7)12-10-18/h9-12,15,17H,8,13-14,16H2,1-7H3,(H,25,31)(H,26,30). The molecular formula is C24H37N5O3. The molecule has 3 amide bonds. The maximum absolute atomic E-state index is 12.9. The summed E-state index contributed by atoms with van der Waals surface area (Å²) in [6, 6.07) is 9.12. The summed E-state index contributed by atoms with van der Waals surface area (Å²) >= 11 is 0. The molecule has 0 atom stereocenters. The van der Waals surface area contributed by atoms with E-state index in [0.29, 0.717) is 24.8 Å². The lowest BCUT2D eigenvalue weighted by atomic mass is 9.92. The molecule has 1 aromatic heterocycles. The van der Waals surface area contributed by atoms with E-state index in [-0.39, 0.29) is 23.9 Å². The van der Waals surface area contributed by atoms with E-state index in [1.165, 1.54) is 0 Å². The van der Waals surface area contributed by atoms with E-state index in [0.717, 1.165) is 23.6 Å². The number of rotatable bonds is 9. The maximum atomic E-state index is 12.9. The summed E-state index contributed by atoms with van der Waals surface area (Å²) in [6.07, 6.45) is 0.822. The number of anilines is 1. The largest absolute Gasteiger partial charge is 0.497 e. The zero-order valence-corrected chi connectivity index (χ0v) is 20.4. The summed E-state index contributed by atoms with van der Waals surface area (Å²) < 4.78 is 6.95. The molecule has 0 fully saturated rings. The molecule has 0 aliphatic carbocycles. The summed E-state index contributed by atoms with van der Waals surface area (Å²) in [4.78, 5) is 26.9. The van der Waals surface area contributed by atoms with Gasteiger partial charge in [-0.1, -0.05) is 34.6 Å². The normalized spacial score (nSPS) is 11.4. The Hall–Kier alpha value is -3.03. The summed E-state index contributed by atoms with van der Waals surface area (Å²) in [5.41, 5.74) is 1.46. The number of amides is 3. The van der Waals surface area contributed by atoms with Crippen molar-refractivity contribution in [3.63, 3.8) is 0 Å². The van der Waals surface area contributed by atoms with Gasteiger partial charge >= 0.3 is 6.03 Å². The molecule has 8 nitrogen and oxygen atoms in total. The Morgan fingerprint density at radius 3 is 2.38 bits per heavy atom. The predicted octanol–water partition coefficient (Wildman–Crippen LogP) is 4.19. The van der Waals surface area contributed by atoms with Crippen molar-refractivity contribution in [2.75, 3.05) is 32.1 Å². The van der Waals surface area contributed by atoms with E-state index in [4.69, 9.17) is 9.84 Å². The van der Waals surface area contributed by atoms with Crippen molar-refractivity contribution < 1.29 is 14.3 Å². The number of carbonyl (C=O) groups excluding carboxylic acids is 2. The maximum Gasteiger partial charge on any atom is 0.317 e. The van der Waals surface area contributed by atoms with Crippen molar-refractivity contribution in [1.82, 2.24) is 20.0 Å². The van der Waals surface area contributed by atoms with Crippen LogP contribution in [-0.4, -0.2) is 53.4 Å². The number of ether oxygens (including phenoxy) is 1. The van der Waals surface area contributed by atoms with Gasteiger partial charge in [0.05, 0.1) is 18.5 Å². The second-order valence-corrected chi connectivity index (χ2v) is 9.26. The predicted molar refractivity (Wildman–Crippen MR) is 128 cm³/mol. The molecule has 1 aromatic carbocycles. The Bertz CT molecular complexity index is 897. The molecule has 0 bridgehead atoms. The van der Waals surface area contributed by atoms with Crippen LogP contribution in [0.4, 0.5) is 10.6 Å². The van der Waals surface area contributed by atoms with Crippen molar-refractivity contribution >= 4 is 17.8 Å². The molecule has 0 radical (unpaired) electrons. The first-order valence-corrected chi connectivity index (χ1v) is 11.1. The first kappa shape index (κ1) is 25.2. The molecule has 8 heteroatoms. The molecule has 0 saturated carbocycles. The molecule has 0 aliphatic heterocycles. The number of urea groups is 1. The average Bonchev–Trinajstić information content (AvgIpc) is 3.15. The third-order valence-corrected chi connectivity index (χ3v) is 4.99. The van der Waals surface area contributed by atoms with Crippen LogP contribution in [0.5, 0.6) is 5.75 Å². The van der Waals surface area contributed by atoms with Crippen LogP contribution < -0.4 is 15.4 Å². The van der Waals surface area contributed by atoms with Crippen LogP contribution in [0.15, 0.2) is 30.3 Å². The Kier molecular flexibility index (Phi) is 8.69. The van der Waals surface area contributed by atoms with Gasteiger partial charge in [0.15, 0.2) is 0 Å². The van der Waals surface area contributed by atoms with Gasteiger partial charge in [0.1, 0.15) is 18.1 Å². The quantitative estimate of drug-likeness (QED) is 0.608. The van der Waals surface area contributed by atoms with E-state index in [2.05, 4.69) is 45.3 Å². The van der Waals surface area contributed by atoms with Gasteiger partial charge in [0.25, 0.3) is 0 Å². The summed E-state index contributed by atoms with van der Waals surface area (Å²) in [5.74, 6) is 1.46. The minimum atomic E-state index is -0.268. The van der Waals surface area contributed by atoms with Gasteiger partial charge in [-0.3, -0.25) is 4.79 Å². The monoisotopic (exact) mass is 443 g/mol. The highest BCUT2D eigenvalue weighted by atomic mass is 16.5. The minimum absolute atomic E-state index is 0.0306. The summed E-state index contributed by atoms with van der Waals surface area (Å²) in [7, 11) is 1.62. The molecule has 0 unspecified atom stereocenters. The third kappa shape index (κ3) is 7.00. The van der Waals surface area contributed by atoms with Gasteiger partial charge in [0.2, 0.25) is 5.91 Å². The van der Waals surface area contributed by atoms with Crippen LogP contribution in [0, 0.1) is 5.92 Å². The average molecular weight is 444 g/mol. The number of methoxy groups -OCH3 is 1. The summed E-state index contributed by atoms with van der Waals surface area (Å²) in [5, 5.41) is 10.5. The molecule has 2 rings (SSSR count). The van der Waals surface area contributed by atoms with Crippen molar-refractivity contribution in [2.24, 2.45) is 5.92 Å². The van der Waals surface area contributed by atoms with Gasteiger partial charge in [-0.2, -0.15) is 5.10 Å². The Morgan fingerprint density at radius 1 is 1.19 bits per heavy atom. The van der Waals surface area contributed by atoms with Crippen molar-refractivity contribution in [2.45, 2.75) is 53.4 Å². The molecule has 176 valence electrons. The van der Waals surface area contributed by atoms with Gasteiger partial charge < -0.3 is 20.3 Å². The lowest BCUT2D eigenvalue weighted by Gasteiger charge is -2.23. The molecule has 0 spiro atoms. The highest BCUT2D eigenvalue weighted by Gasteiger charge is 2.23. The molecule has 0 aliphatic rings. The number of nitrogens with zero attached hydrogens (tertiary/aromatic N) is 3. The van der Waals surface area contributed by atoms with E-state index in [1.807, 2.05) is 37.3 Å². The number of benzene rings is 1. The van der Waals surface area contributed by atoms with Crippen LogP contribution >= 0.6 is 0 Å². The fourth-order valence-corrected chi connectivity index (χ4v) is 3.04. The Balaban J connectivity index is 2.27. The highest BCUT2D eigenvalue weighted by Crippen LogP contribution is 2.27. The lowest BCUT2D eigenvalue weighted by Crippen LogP contribution is -2.44. The zero-order valence-electron chi connectivity index (χ0n) is 20.4. The number of carbonyl (C=O) groups is 2. The van der Waals surface area contributed by atoms with Crippen LogP contribution in [-0.2, 0) is 10.2 Å².